The van der Waals surface area contributed by atoms with Crippen LogP contribution in [0.25, 0.3) is 0 Å². The average Bonchev–Trinajstić information content (AvgIpc) is 2.18. The SMILES string of the molecule is O=C(Nc1ccc(Cl)c(Cl)c1)NC1COC1. The number of urea groups is 1. The second kappa shape index (κ2) is 4.91. The Morgan fingerprint density at radius 1 is 1.31 bits per heavy atom. The molecule has 0 bridgehead atoms. The van der Waals surface area contributed by atoms with Crippen LogP contribution in [0.15, 0.2) is 18.2 Å². The van der Waals surface area contributed by atoms with Crippen molar-refractivity contribution >= 4 is 34.9 Å². The highest BCUT2D eigenvalue weighted by Crippen LogP contribution is 2.24. The molecule has 0 atom stereocenters. The first kappa shape index (κ1) is 11.5. The Hall–Kier alpha value is -0.970. The monoisotopic (exact) mass is 260 g/mol. The molecule has 1 fully saturated rings. The minimum atomic E-state index is -0.272. The van der Waals surface area contributed by atoms with E-state index >= 15 is 0 Å². The van der Waals surface area contributed by atoms with Gasteiger partial charge in [0.15, 0.2) is 0 Å². The summed E-state index contributed by atoms with van der Waals surface area (Å²) in [6.45, 7) is 1.13. The lowest BCUT2D eigenvalue weighted by atomic mass is 10.2. The maximum Gasteiger partial charge on any atom is 0.319 e. The third-order valence-electron chi connectivity index (χ3n) is 2.15. The van der Waals surface area contributed by atoms with Crippen LogP contribution in [0.4, 0.5) is 10.5 Å². The number of hydrogen-bond donors (Lipinski definition) is 2. The highest BCUT2D eigenvalue weighted by molar-refractivity contribution is 6.42. The van der Waals surface area contributed by atoms with Gasteiger partial charge in [-0.2, -0.15) is 0 Å². The minimum absolute atomic E-state index is 0.0998. The molecule has 16 heavy (non-hydrogen) atoms. The summed E-state index contributed by atoms with van der Waals surface area (Å²) in [5, 5.41) is 6.28. The van der Waals surface area contributed by atoms with Crippen LogP contribution >= 0.6 is 23.2 Å². The standard InChI is InChI=1S/C10H10Cl2N2O2/c11-8-2-1-6(3-9(8)12)13-10(15)14-7-4-16-5-7/h1-3,7H,4-5H2,(H2,13,14,15). The van der Waals surface area contributed by atoms with E-state index in [-0.39, 0.29) is 12.1 Å². The largest absolute Gasteiger partial charge is 0.377 e. The highest BCUT2D eigenvalue weighted by atomic mass is 35.5. The second-order valence-corrected chi connectivity index (χ2v) is 4.28. The summed E-state index contributed by atoms with van der Waals surface area (Å²) >= 11 is 11.6. The van der Waals surface area contributed by atoms with Crippen LogP contribution in [0.2, 0.25) is 10.0 Å². The van der Waals surface area contributed by atoms with E-state index in [9.17, 15) is 4.79 Å². The van der Waals surface area contributed by atoms with Crippen molar-refractivity contribution < 1.29 is 9.53 Å². The van der Waals surface area contributed by atoms with Gasteiger partial charge in [0.1, 0.15) is 0 Å². The Morgan fingerprint density at radius 2 is 2.06 bits per heavy atom. The molecular formula is C10H10Cl2N2O2. The first-order valence-corrected chi connectivity index (χ1v) is 5.51. The molecule has 0 aliphatic carbocycles. The van der Waals surface area contributed by atoms with E-state index in [1.807, 2.05) is 0 Å². The van der Waals surface area contributed by atoms with Crippen molar-refractivity contribution in [3.05, 3.63) is 28.2 Å². The molecule has 0 saturated carbocycles. The third kappa shape index (κ3) is 2.78. The van der Waals surface area contributed by atoms with E-state index in [4.69, 9.17) is 27.9 Å². The number of rotatable bonds is 2. The van der Waals surface area contributed by atoms with Crippen LogP contribution < -0.4 is 10.6 Å². The molecule has 1 aliphatic heterocycles. The van der Waals surface area contributed by atoms with Crippen LogP contribution in [0.1, 0.15) is 0 Å². The molecule has 2 N–H and O–H groups in total. The van der Waals surface area contributed by atoms with Crippen molar-refractivity contribution in [1.29, 1.82) is 0 Å². The van der Waals surface area contributed by atoms with Crippen molar-refractivity contribution in [2.75, 3.05) is 18.5 Å². The molecule has 1 aromatic rings. The third-order valence-corrected chi connectivity index (χ3v) is 2.89. The van der Waals surface area contributed by atoms with E-state index in [2.05, 4.69) is 10.6 Å². The molecule has 2 amide bonds. The zero-order valence-corrected chi connectivity index (χ0v) is 9.81. The molecular weight excluding hydrogens is 251 g/mol. The quantitative estimate of drug-likeness (QED) is 0.859. The lowest BCUT2D eigenvalue weighted by Gasteiger charge is -2.26. The lowest BCUT2D eigenvalue weighted by Crippen LogP contribution is -2.49. The Bertz CT molecular complexity index is 408. The summed E-state index contributed by atoms with van der Waals surface area (Å²) in [7, 11) is 0. The number of carbonyl (C=O) groups excluding carboxylic acids is 1. The Morgan fingerprint density at radius 3 is 2.62 bits per heavy atom. The van der Waals surface area contributed by atoms with Gasteiger partial charge in [-0.05, 0) is 18.2 Å². The van der Waals surface area contributed by atoms with Gasteiger partial charge in [0.05, 0.1) is 29.3 Å². The first-order chi connectivity index (χ1) is 7.65. The first-order valence-electron chi connectivity index (χ1n) is 4.75. The Kier molecular flexibility index (Phi) is 3.53. The predicted molar refractivity (Wildman–Crippen MR) is 63.2 cm³/mol. The molecule has 1 aliphatic rings. The molecule has 0 spiro atoms. The summed E-state index contributed by atoms with van der Waals surface area (Å²) in [5.41, 5.74) is 0.604. The number of anilines is 1. The number of hydrogen-bond acceptors (Lipinski definition) is 2. The van der Waals surface area contributed by atoms with Crippen molar-refractivity contribution in [2.24, 2.45) is 0 Å². The molecule has 2 rings (SSSR count). The van der Waals surface area contributed by atoms with Gasteiger partial charge in [0.2, 0.25) is 0 Å². The van der Waals surface area contributed by atoms with Gasteiger partial charge in [-0.15, -0.1) is 0 Å². The van der Waals surface area contributed by atoms with Crippen molar-refractivity contribution in [3.8, 4) is 0 Å². The van der Waals surface area contributed by atoms with E-state index in [0.717, 1.165) is 0 Å². The van der Waals surface area contributed by atoms with Crippen LogP contribution in [-0.4, -0.2) is 25.3 Å². The number of nitrogens with one attached hydrogen (secondary N) is 2. The van der Waals surface area contributed by atoms with Gasteiger partial charge in [0.25, 0.3) is 0 Å². The lowest BCUT2D eigenvalue weighted by molar-refractivity contribution is 0.000735. The zero-order chi connectivity index (χ0) is 11.5. The normalized spacial score (nSPS) is 15.4. The van der Waals surface area contributed by atoms with Crippen LogP contribution in [-0.2, 0) is 4.74 Å². The van der Waals surface area contributed by atoms with Gasteiger partial charge in [0, 0.05) is 5.69 Å². The molecule has 1 saturated heterocycles. The summed E-state index contributed by atoms with van der Waals surface area (Å²) in [5.74, 6) is 0. The fourth-order valence-corrected chi connectivity index (χ4v) is 1.54. The van der Waals surface area contributed by atoms with E-state index in [0.29, 0.717) is 28.9 Å². The van der Waals surface area contributed by atoms with E-state index in [1.165, 1.54) is 0 Å². The number of benzene rings is 1. The molecule has 0 radical (unpaired) electrons. The minimum Gasteiger partial charge on any atom is -0.377 e. The molecule has 0 aromatic heterocycles. The average molecular weight is 261 g/mol. The summed E-state index contributed by atoms with van der Waals surface area (Å²) in [4.78, 5) is 11.5. The molecule has 86 valence electrons. The van der Waals surface area contributed by atoms with Crippen LogP contribution in [0.5, 0.6) is 0 Å². The highest BCUT2D eigenvalue weighted by Gasteiger charge is 2.20. The molecule has 4 nitrogen and oxygen atoms in total. The summed E-state index contributed by atoms with van der Waals surface area (Å²) in [6, 6.07) is 4.74. The molecule has 6 heteroatoms. The zero-order valence-electron chi connectivity index (χ0n) is 8.30. The fourth-order valence-electron chi connectivity index (χ4n) is 1.25. The van der Waals surface area contributed by atoms with E-state index in [1.54, 1.807) is 18.2 Å². The fraction of sp³-hybridized carbons (Fsp3) is 0.300. The maximum atomic E-state index is 11.5. The Balaban J connectivity index is 1.92. The summed E-state index contributed by atoms with van der Waals surface area (Å²) < 4.78 is 4.94. The van der Waals surface area contributed by atoms with Crippen LogP contribution in [0, 0.1) is 0 Å². The van der Waals surface area contributed by atoms with Gasteiger partial charge < -0.3 is 15.4 Å². The van der Waals surface area contributed by atoms with Crippen molar-refractivity contribution in [3.63, 3.8) is 0 Å². The van der Waals surface area contributed by atoms with Crippen molar-refractivity contribution in [1.82, 2.24) is 5.32 Å². The summed E-state index contributed by atoms with van der Waals surface area (Å²) in [6.07, 6.45) is 0. The number of halogens is 2. The molecule has 1 heterocycles. The van der Waals surface area contributed by atoms with Gasteiger partial charge >= 0.3 is 6.03 Å². The van der Waals surface area contributed by atoms with Gasteiger partial charge in [-0.1, -0.05) is 23.2 Å². The molecule has 1 aromatic carbocycles. The topological polar surface area (TPSA) is 50.4 Å². The predicted octanol–water partition coefficient (Wildman–Crippen LogP) is 2.51. The number of ether oxygens (including phenoxy) is 1. The van der Waals surface area contributed by atoms with E-state index < -0.39 is 0 Å². The number of amides is 2. The van der Waals surface area contributed by atoms with Gasteiger partial charge in [-0.3, -0.25) is 0 Å². The van der Waals surface area contributed by atoms with Crippen molar-refractivity contribution in [2.45, 2.75) is 6.04 Å². The smallest absolute Gasteiger partial charge is 0.319 e. The Labute approximate surface area is 103 Å². The molecule has 0 unspecified atom stereocenters. The van der Waals surface area contributed by atoms with Gasteiger partial charge in [-0.25, -0.2) is 4.79 Å². The van der Waals surface area contributed by atoms with Crippen LogP contribution in [0.3, 0.4) is 0 Å². The second-order valence-electron chi connectivity index (χ2n) is 3.46. The number of carbonyl (C=O) groups is 1. The maximum absolute atomic E-state index is 11.5.